The van der Waals surface area contributed by atoms with E-state index in [0.29, 0.717) is 0 Å². The van der Waals surface area contributed by atoms with E-state index in [1.54, 1.807) is 0 Å². The van der Waals surface area contributed by atoms with Gasteiger partial charge < -0.3 is 0 Å². The Hall–Kier alpha value is -7.13. The summed E-state index contributed by atoms with van der Waals surface area (Å²) < 4.78 is 5.74. The number of nitrogens with zero attached hydrogens (tertiary/aromatic N) is 4. The van der Waals surface area contributed by atoms with Crippen LogP contribution in [0.5, 0.6) is 0 Å². The van der Waals surface area contributed by atoms with Gasteiger partial charge in [0.25, 0.3) is 0 Å². The minimum atomic E-state index is -0.659. The van der Waals surface area contributed by atoms with Crippen LogP contribution in [0.4, 0.5) is 17.1 Å². The van der Waals surface area contributed by atoms with Crippen molar-refractivity contribution in [1.29, 1.82) is 0 Å². The van der Waals surface area contributed by atoms with Crippen molar-refractivity contribution < 1.29 is 19.4 Å². The van der Waals surface area contributed by atoms with E-state index >= 15 is 0 Å². The standard InChI is InChI=1S/C56H40N4.Pt/c1-58-39-59(53-34-13-12-33-52(53)58)43-24-17-26-45(38-43)60(55-46(40-19-4-2-5-20-40)29-18-30-47(55)41-21-6-3-7-22-41)44-25-16-23-42(37-44)56(54-35-14-15-36-57-54)50-31-10-8-27-48(50)49-28-9-11-32-51(49)56;/h2-38H,1H3;. The molecule has 2 heterocycles. The molecule has 0 saturated heterocycles. The van der Waals surface area contributed by atoms with Crippen LogP contribution in [-0.2, 0) is 31.8 Å². The summed E-state index contributed by atoms with van der Waals surface area (Å²) in [5.74, 6) is 0. The average molecular weight is 964 g/mol. The van der Waals surface area contributed by atoms with Crippen molar-refractivity contribution in [1.82, 2.24) is 14.1 Å². The summed E-state index contributed by atoms with van der Waals surface area (Å²) in [6, 6.07) is 79.1. The second kappa shape index (κ2) is 15.2. The molecule has 1 aliphatic carbocycles. The zero-order valence-electron chi connectivity index (χ0n) is 33.5. The molecular weight excluding hydrogens is 924 g/mol. The van der Waals surface area contributed by atoms with E-state index < -0.39 is 5.41 Å². The first kappa shape index (κ1) is 36.9. The van der Waals surface area contributed by atoms with Crippen molar-refractivity contribution in [2.75, 3.05) is 4.90 Å². The molecule has 2 aromatic heterocycles. The van der Waals surface area contributed by atoms with E-state index in [9.17, 15) is 0 Å². The van der Waals surface area contributed by atoms with Gasteiger partial charge in [-0.15, -0.1) is 0 Å². The van der Waals surface area contributed by atoms with E-state index in [2.05, 4.69) is 253 Å². The van der Waals surface area contributed by atoms with Crippen LogP contribution in [0, 0.1) is 3.80 Å². The van der Waals surface area contributed by atoms with Gasteiger partial charge >= 0.3 is 314 Å². The predicted octanol–water partition coefficient (Wildman–Crippen LogP) is 13.6. The van der Waals surface area contributed by atoms with Crippen LogP contribution in [0.3, 0.4) is 0 Å². The van der Waals surface area contributed by atoms with Crippen LogP contribution in [0.2, 0.25) is 0 Å². The first-order valence-electron chi connectivity index (χ1n) is 20.6. The van der Waals surface area contributed by atoms with E-state index in [-0.39, 0.29) is 0 Å². The first-order chi connectivity index (χ1) is 30.1. The van der Waals surface area contributed by atoms with Gasteiger partial charge in [0.1, 0.15) is 0 Å². The number of imidazole rings is 1. The molecule has 0 atom stereocenters. The predicted molar refractivity (Wildman–Crippen MR) is 246 cm³/mol. The summed E-state index contributed by atoms with van der Waals surface area (Å²) in [6.07, 6.45) is 1.93. The van der Waals surface area contributed by atoms with Gasteiger partial charge in [0.05, 0.1) is 0 Å². The van der Waals surface area contributed by atoms with Gasteiger partial charge in [-0.1, -0.05) is 42.5 Å². The Morgan fingerprint density at radius 1 is 0.475 bits per heavy atom. The molecule has 0 fully saturated rings. The van der Waals surface area contributed by atoms with Crippen LogP contribution >= 0.6 is 0 Å². The normalized spacial score (nSPS) is 12.6. The van der Waals surface area contributed by atoms with Crippen LogP contribution in [0.25, 0.3) is 50.1 Å². The van der Waals surface area contributed by atoms with Crippen molar-refractivity contribution in [3.8, 4) is 39.1 Å². The number of aromatic nitrogens is 3. The van der Waals surface area contributed by atoms with E-state index in [1.807, 2.05) is 12.3 Å². The molecule has 0 saturated carbocycles. The molecule has 10 aromatic rings. The molecule has 0 amide bonds. The fraction of sp³-hybridized carbons (Fsp3) is 0.0357. The topological polar surface area (TPSA) is 26.0 Å². The molecule has 4 nitrogen and oxygen atoms in total. The van der Waals surface area contributed by atoms with E-state index in [4.69, 9.17) is 4.98 Å². The number of benzene rings is 8. The Morgan fingerprint density at radius 2 is 1.00 bits per heavy atom. The quantitative estimate of drug-likeness (QED) is 0.152. The number of para-hydroxylation sites is 3. The number of rotatable bonds is 8. The zero-order chi connectivity index (χ0) is 40.9. The monoisotopic (exact) mass is 963 g/mol. The molecule has 11 rings (SSSR count). The SMILES string of the molecule is Cn1[c](=[Pt])n(-c2cccc(N(c3cccc(C4(c5ccccn5)c5ccccc5-c5ccccc54)c3)c3c(-c4ccccc4)cccc3-c3ccccc3)c2)c2ccccc21. The van der Waals surface area contributed by atoms with Crippen molar-refractivity contribution in [3.63, 3.8) is 0 Å². The Bertz CT molecular complexity index is 3190. The van der Waals surface area contributed by atoms with E-state index in [1.165, 1.54) is 27.8 Å². The molecular formula is C56H40N4Pt. The van der Waals surface area contributed by atoms with Gasteiger partial charge in [0.2, 0.25) is 0 Å². The number of fused-ring (bicyclic) bond motifs is 4. The molecule has 0 aliphatic heterocycles. The van der Waals surface area contributed by atoms with Gasteiger partial charge in [-0.05, 0) is 6.07 Å². The molecule has 0 N–H and O–H groups in total. The number of hydrogen-bond donors (Lipinski definition) is 0. The number of anilines is 3. The third kappa shape index (κ3) is 5.93. The van der Waals surface area contributed by atoms with Crippen molar-refractivity contribution in [2.24, 2.45) is 7.05 Å². The molecule has 5 heteroatoms. The fourth-order valence-corrected chi connectivity index (χ4v) is 10.4. The van der Waals surface area contributed by atoms with Gasteiger partial charge in [-0.3, -0.25) is 0 Å². The molecule has 0 bridgehead atoms. The first-order valence-corrected chi connectivity index (χ1v) is 21.7. The van der Waals surface area contributed by atoms with Crippen molar-refractivity contribution >= 4 is 28.1 Å². The van der Waals surface area contributed by atoms with Crippen molar-refractivity contribution in [3.05, 3.63) is 251 Å². The molecule has 61 heavy (non-hydrogen) atoms. The molecule has 1 aliphatic rings. The van der Waals surface area contributed by atoms with Crippen LogP contribution < -0.4 is 4.90 Å². The zero-order valence-corrected chi connectivity index (χ0v) is 35.7. The number of aryl methyl sites for hydroxylation is 1. The minimum absolute atomic E-state index is 0.659. The maximum atomic E-state index is 5.17. The maximum absolute atomic E-state index is 5.17. The summed E-state index contributed by atoms with van der Waals surface area (Å²) in [5, 5.41) is 0. The summed E-state index contributed by atoms with van der Waals surface area (Å²) >= 11 is 2.46. The fourth-order valence-electron chi connectivity index (χ4n) is 9.61. The van der Waals surface area contributed by atoms with Gasteiger partial charge in [-0.2, -0.15) is 0 Å². The summed E-state index contributed by atoms with van der Waals surface area (Å²) in [6.45, 7) is 0. The third-order valence-corrected chi connectivity index (χ3v) is 13.5. The Morgan fingerprint density at radius 3 is 1.64 bits per heavy atom. The van der Waals surface area contributed by atoms with Gasteiger partial charge in [0, 0.05) is 6.20 Å². The third-order valence-electron chi connectivity index (χ3n) is 12.2. The van der Waals surface area contributed by atoms with E-state index in [0.717, 1.165) is 65.6 Å². The molecule has 294 valence electrons. The summed E-state index contributed by atoms with van der Waals surface area (Å²) in [4.78, 5) is 7.65. The molecule has 0 unspecified atom stereocenters. The molecule has 0 spiro atoms. The van der Waals surface area contributed by atoms with Crippen molar-refractivity contribution in [2.45, 2.75) is 5.41 Å². The summed E-state index contributed by atoms with van der Waals surface area (Å²) in [5.41, 5.74) is 17.6. The number of hydrogen-bond acceptors (Lipinski definition) is 2. The second-order valence-corrected chi connectivity index (χ2v) is 16.5. The van der Waals surface area contributed by atoms with Crippen LogP contribution in [0.1, 0.15) is 22.4 Å². The van der Waals surface area contributed by atoms with Gasteiger partial charge in [0.15, 0.2) is 0 Å². The Kier molecular flexibility index (Phi) is 9.17. The second-order valence-electron chi connectivity index (χ2n) is 15.5. The number of pyridine rings is 1. The summed E-state index contributed by atoms with van der Waals surface area (Å²) in [7, 11) is 2.14. The Balaban J connectivity index is 1.23. The van der Waals surface area contributed by atoms with Gasteiger partial charge in [-0.25, -0.2) is 0 Å². The van der Waals surface area contributed by atoms with Crippen LogP contribution in [0.15, 0.2) is 225 Å². The average Bonchev–Trinajstić information content (AvgIpc) is 3.78. The molecule has 0 radical (unpaired) electrons. The molecule has 8 aromatic carbocycles. The van der Waals surface area contributed by atoms with Crippen LogP contribution in [-0.4, -0.2) is 14.1 Å². The Labute approximate surface area is 366 Å².